The van der Waals surface area contributed by atoms with E-state index in [0.29, 0.717) is 0 Å². The number of hydrogen-bond donors (Lipinski definition) is 2. The summed E-state index contributed by atoms with van der Waals surface area (Å²) in [6.07, 6.45) is 3.05. The molecule has 0 bridgehead atoms. The Morgan fingerprint density at radius 2 is 2.20 bits per heavy atom. The number of nitrogens with one attached hydrogen (secondary N) is 1. The van der Waals surface area contributed by atoms with Crippen LogP contribution in [0.15, 0.2) is 18.2 Å². The molecule has 0 radical (unpaired) electrons. The Morgan fingerprint density at radius 1 is 1.50 bits per heavy atom. The van der Waals surface area contributed by atoms with E-state index in [0.717, 1.165) is 19.3 Å². The molecule has 6 nitrogen and oxygen atoms in total. The zero-order valence-electron chi connectivity index (χ0n) is 11.5. The van der Waals surface area contributed by atoms with Crippen molar-refractivity contribution >= 4 is 17.3 Å². The van der Waals surface area contributed by atoms with E-state index in [2.05, 4.69) is 19.2 Å². The molecule has 1 atom stereocenters. The molecular weight excluding hydrogens is 260 g/mol. The van der Waals surface area contributed by atoms with Crippen LogP contribution in [0.5, 0.6) is 0 Å². The van der Waals surface area contributed by atoms with Gasteiger partial charge in [0.25, 0.3) is 5.69 Å². The van der Waals surface area contributed by atoms with E-state index in [-0.39, 0.29) is 28.4 Å². The van der Waals surface area contributed by atoms with Crippen molar-refractivity contribution < 1.29 is 14.8 Å². The summed E-state index contributed by atoms with van der Waals surface area (Å²) in [5.41, 5.74) is 0.300. The largest absolute Gasteiger partial charge is 0.478 e. The van der Waals surface area contributed by atoms with Gasteiger partial charge < -0.3 is 10.4 Å². The Kier molecular flexibility index (Phi) is 3.65. The van der Waals surface area contributed by atoms with Crippen molar-refractivity contribution in [1.82, 2.24) is 0 Å². The lowest BCUT2D eigenvalue weighted by Crippen LogP contribution is -2.31. The average molecular weight is 278 g/mol. The summed E-state index contributed by atoms with van der Waals surface area (Å²) in [4.78, 5) is 21.6. The van der Waals surface area contributed by atoms with Gasteiger partial charge in [0, 0.05) is 12.1 Å². The fourth-order valence-corrected chi connectivity index (χ4v) is 2.73. The third kappa shape index (κ3) is 2.74. The molecule has 0 amide bonds. The Morgan fingerprint density at radius 3 is 2.70 bits per heavy atom. The standard InChI is InChI=1S/C14H18N2O4/c1-14(2)7-3-4-12(14)15-10-8-9(13(17)18)5-6-11(10)16(19)20/h5-6,8,12,15H,3-4,7H2,1-2H3,(H,17,18). The Balaban J connectivity index is 2.35. The minimum Gasteiger partial charge on any atom is -0.478 e. The van der Waals surface area contributed by atoms with Crippen LogP contribution in [0.4, 0.5) is 11.4 Å². The number of nitro groups is 1. The molecule has 1 saturated carbocycles. The summed E-state index contributed by atoms with van der Waals surface area (Å²) >= 11 is 0. The lowest BCUT2D eigenvalue weighted by atomic mass is 9.87. The number of aromatic carboxylic acids is 1. The average Bonchev–Trinajstić information content (AvgIpc) is 2.68. The van der Waals surface area contributed by atoms with Crippen LogP contribution in [0.3, 0.4) is 0 Å². The smallest absolute Gasteiger partial charge is 0.335 e. The Labute approximate surface area is 117 Å². The minimum atomic E-state index is -1.09. The normalized spacial score (nSPS) is 20.6. The quantitative estimate of drug-likeness (QED) is 0.651. The molecule has 0 spiro atoms. The van der Waals surface area contributed by atoms with Crippen LogP contribution >= 0.6 is 0 Å². The van der Waals surface area contributed by atoms with Crippen molar-refractivity contribution in [1.29, 1.82) is 0 Å². The van der Waals surface area contributed by atoms with Gasteiger partial charge in [0.15, 0.2) is 0 Å². The van der Waals surface area contributed by atoms with E-state index in [1.54, 1.807) is 0 Å². The molecule has 1 unspecified atom stereocenters. The zero-order valence-corrected chi connectivity index (χ0v) is 11.5. The van der Waals surface area contributed by atoms with Gasteiger partial charge in [-0.2, -0.15) is 0 Å². The van der Waals surface area contributed by atoms with Crippen LogP contribution in [0.25, 0.3) is 0 Å². The molecule has 6 heteroatoms. The van der Waals surface area contributed by atoms with Crippen molar-refractivity contribution in [2.75, 3.05) is 5.32 Å². The molecular formula is C14H18N2O4. The second-order valence-corrected chi connectivity index (χ2v) is 5.87. The molecule has 2 N–H and O–H groups in total. The second kappa shape index (κ2) is 5.11. The monoisotopic (exact) mass is 278 g/mol. The van der Waals surface area contributed by atoms with Gasteiger partial charge in [-0.25, -0.2) is 4.79 Å². The molecule has 1 aromatic carbocycles. The Bertz CT molecular complexity index is 554. The third-order valence-corrected chi connectivity index (χ3v) is 4.03. The summed E-state index contributed by atoms with van der Waals surface area (Å²) in [7, 11) is 0. The highest BCUT2D eigenvalue weighted by atomic mass is 16.6. The SMILES string of the molecule is CC1(C)CCCC1Nc1cc(C(=O)O)ccc1[N+](=O)[O-]. The molecule has 0 aromatic heterocycles. The van der Waals surface area contributed by atoms with Crippen LogP contribution < -0.4 is 5.32 Å². The number of carboxylic acid groups (broad SMARTS) is 1. The molecule has 2 rings (SSSR count). The van der Waals surface area contributed by atoms with Gasteiger partial charge in [0.1, 0.15) is 5.69 Å². The molecule has 1 fully saturated rings. The molecule has 0 heterocycles. The number of nitro benzene ring substituents is 1. The van der Waals surface area contributed by atoms with E-state index < -0.39 is 10.9 Å². The highest BCUT2D eigenvalue weighted by Gasteiger charge is 2.35. The number of hydrogen-bond acceptors (Lipinski definition) is 4. The van der Waals surface area contributed by atoms with Gasteiger partial charge in [0.2, 0.25) is 0 Å². The summed E-state index contributed by atoms with van der Waals surface area (Å²) in [6.45, 7) is 4.23. The first-order valence-corrected chi connectivity index (χ1v) is 6.59. The molecule has 108 valence electrons. The number of carbonyl (C=O) groups is 1. The van der Waals surface area contributed by atoms with Gasteiger partial charge in [-0.15, -0.1) is 0 Å². The van der Waals surface area contributed by atoms with Gasteiger partial charge >= 0.3 is 5.97 Å². The maximum atomic E-state index is 11.1. The van der Waals surface area contributed by atoms with Gasteiger partial charge in [-0.3, -0.25) is 10.1 Å². The van der Waals surface area contributed by atoms with Crippen LogP contribution in [0.2, 0.25) is 0 Å². The van der Waals surface area contributed by atoms with Crippen molar-refractivity contribution in [3.8, 4) is 0 Å². The fraction of sp³-hybridized carbons (Fsp3) is 0.500. The number of anilines is 1. The predicted octanol–water partition coefficient (Wildman–Crippen LogP) is 3.28. The van der Waals surface area contributed by atoms with Crippen LogP contribution in [0.1, 0.15) is 43.5 Å². The molecule has 1 aliphatic carbocycles. The molecule has 0 aliphatic heterocycles. The minimum absolute atomic E-state index is 0.0487. The maximum Gasteiger partial charge on any atom is 0.335 e. The van der Waals surface area contributed by atoms with Crippen LogP contribution in [0, 0.1) is 15.5 Å². The zero-order chi connectivity index (χ0) is 14.9. The lowest BCUT2D eigenvalue weighted by molar-refractivity contribution is -0.384. The molecule has 0 saturated heterocycles. The molecule has 1 aromatic rings. The fourth-order valence-electron chi connectivity index (χ4n) is 2.73. The highest BCUT2D eigenvalue weighted by molar-refractivity contribution is 5.90. The van der Waals surface area contributed by atoms with E-state index in [4.69, 9.17) is 5.11 Å². The first-order valence-electron chi connectivity index (χ1n) is 6.59. The van der Waals surface area contributed by atoms with Crippen molar-refractivity contribution in [3.63, 3.8) is 0 Å². The number of rotatable bonds is 4. The first-order chi connectivity index (χ1) is 9.31. The van der Waals surface area contributed by atoms with Crippen molar-refractivity contribution in [2.24, 2.45) is 5.41 Å². The highest BCUT2D eigenvalue weighted by Crippen LogP contribution is 2.40. The lowest BCUT2D eigenvalue weighted by Gasteiger charge is -2.28. The molecule has 20 heavy (non-hydrogen) atoms. The van der Waals surface area contributed by atoms with E-state index >= 15 is 0 Å². The van der Waals surface area contributed by atoms with E-state index in [9.17, 15) is 14.9 Å². The Hall–Kier alpha value is -2.11. The van der Waals surface area contributed by atoms with Gasteiger partial charge in [-0.1, -0.05) is 20.3 Å². The predicted molar refractivity (Wildman–Crippen MR) is 75.1 cm³/mol. The summed E-state index contributed by atoms with van der Waals surface area (Å²) in [6, 6.07) is 3.96. The van der Waals surface area contributed by atoms with Gasteiger partial charge in [-0.05, 0) is 30.4 Å². The maximum absolute atomic E-state index is 11.1. The number of benzene rings is 1. The number of nitrogens with zero attached hydrogens (tertiary/aromatic N) is 1. The first kappa shape index (κ1) is 14.3. The topological polar surface area (TPSA) is 92.5 Å². The third-order valence-electron chi connectivity index (χ3n) is 4.03. The summed E-state index contributed by atoms with van der Waals surface area (Å²) in [5.74, 6) is -1.09. The van der Waals surface area contributed by atoms with Crippen molar-refractivity contribution in [3.05, 3.63) is 33.9 Å². The number of carboxylic acids is 1. The van der Waals surface area contributed by atoms with E-state index in [1.807, 2.05) is 0 Å². The second-order valence-electron chi connectivity index (χ2n) is 5.87. The summed E-state index contributed by atoms with van der Waals surface area (Å²) in [5, 5.41) is 23.2. The van der Waals surface area contributed by atoms with Crippen LogP contribution in [-0.4, -0.2) is 22.0 Å². The van der Waals surface area contributed by atoms with Crippen LogP contribution in [-0.2, 0) is 0 Å². The van der Waals surface area contributed by atoms with Gasteiger partial charge in [0.05, 0.1) is 10.5 Å². The molecule has 1 aliphatic rings. The van der Waals surface area contributed by atoms with Crippen molar-refractivity contribution in [2.45, 2.75) is 39.2 Å². The van der Waals surface area contributed by atoms with E-state index in [1.165, 1.54) is 18.2 Å². The summed E-state index contributed by atoms with van der Waals surface area (Å²) < 4.78 is 0.